The summed E-state index contributed by atoms with van der Waals surface area (Å²) in [6, 6.07) is 10.4. The number of hydrogen-bond donors (Lipinski definition) is 0. The second kappa shape index (κ2) is 8.57. The largest absolute Gasteiger partial charge is 0.379 e. The normalized spacial score (nSPS) is 15.0. The standard InChI is InChI=1S/C22H24FN3O2S/c1-15-11-16(2)13-17(12-15)21(27)26(6-5-25-7-9-28-10-8-25)22-24-19-4-3-18(23)14-20(19)29-22/h3-4,11-14H,5-10H2,1-2H3. The zero-order valence-corrected chi connectivity index (χ0v) is 17.5. The van der Waals surface area contributed by atoms with E-state index in [-0.39, 0.29) is 11.7 Å². The Morgan fingerprint density at radius 2 is 1.90 bits per heavy atom. The van der Waals surface area contributed by atoms with Gasteiger partial charge < -0.3 is 4.74 Å². The lowest BCUT2D eigenvalue weighted by Crippen LogP contribution is -2.43. The van der Waals surface area contributed by atoms with Crippen molar-refractivity contribution >= 4 is 32.6 Å². The number of ether oxygens (including phenoxy) is 1. The second-order valence-electron chi connectivity index (χ2n) is 7.40. The number of fused-ring (bicyclic) bond motifs is 1. The average Bonchev–Trinajstić information content (AvgIpc) is 3.10. The van der Waals surface area contributed by atoms with E-state index in [0.717, 1.165) is 35.5 Å². The Hall–Kier alpha value is -2.35. The zero-order chi connectivity index (χ0) is 20.4. The molecule has 1 saturated heterocycles. The Bertz CT molecular complexity index is 1010. The van der Waals surface area contributed by atoms with Gasteiger partial charge in [-0.15, -0.1) is 0 Å². The van der Waals surface area contributed by atoms with E-state index >= 15 is 0 Å². The summed E-state index contributed by atoms with van der Waals surface area (Å²) < 4.78 is 19.8. The lowest BCUT2D eigenvalue weighted by atomic mass is 10.1. The van der Waals surface area contributed by atoms with Crippen molar-refractivity contribution in [3.05, 3.63) is 58.9 Å². The number of rotatable bonds is 5. The van der Waals surface area contributed by atoms with E-state index in [2.05, 4.69) is 16.0 Å². The van der Waals surface area contributed by atoms with Crippen molar-refractivity contribution in [1.29, 1.82) is 0 Å². The van der Waals surface area contributed by atoms with Crippen LogP contribution >= 0.6 is 11.3 Å². The number of halogens is 1. The smallest absolute Gasteiger partial charge is 0.260 e. The van der Waals surface area contributed by atoms with E-state index in [9.17, 15) is 9.18 Å². The summed E-state index contributed by atoms with van der Waals surface area (Å²) in [5.41, 5.74) is 3.45. The van der Waals surface area contributed by atoms with Crippen molar-refractivity contribution in [2.45, 2.75) is 13.8 Å². The summed E-state index contributed by atoms with van der Waals surface area (Å²) >= 11 is 1.35. The van der Waals surface area contributed by atoms with Crippen LogP contribution in [0.15, 0.2) is 36.4 Å². The number of hydrogen-bond acceptors (Lipinski definition) is 5. The van der Waals surface area contributed by atoms with Gasteiger partial charge >= 0.3 is 0 Å². The molecule has 1 fully saturated rings. The van der Waals surface area contributed by atoms with Crippen LogP contribution < -0.4 is 4.90 Å². The van der Waals surface area contributed by atoms with Crippen LogP contribution in [0.3, 0.4) is 0 Å². The van der Waals surface area contributed by atoms with Crippen molar-refractivity contribution in [2.24, 2.45) is 0 Å². The monoisotopic (exact) mass is 413 g/mol. The van der Waals surface area contributed by atoms with Crippen molar-refractivity contribution < 1.29 is 13.9 Å². The fourth-order valence-electron chi connectivity index (χ4n) is 3.61. The molecular formula is C22H24FN3O2S. The topological polar surface area (TPSA) is 45.7 Å². The Labute approximate surface area is 173 Å². The number of amides is 1. The Balaban J connectivity index is 1.66. The molecule has 5 nitrogen and oxygen atoms in total. The fraction of sp³-hybridized carbons (Fsp3) is 0.364. The van der Waals surface area contributed by atoms with Gasteiger partial charge in [0.1, 0.15) is 5.82 Å². The van der Waals surface area contributed by atoms with Crippen LogP contribution in [0.1, 0.15) is 21.5 Å². The van der Waals surface area contributed by atoms with Crippen LogP contribution in [0, 0.1) is 19.7 Å². The molecular weight excluding hydrogens is 389 g/mol. The lowest BCUT2D eigenvalue weighted by molar-refractivity contribution is 0.0391. The summed E-state index contributed by atoms with van der Waals surface area (Å²) in [5, 5.41) is 0.600. The predicted octanol–water partition coefficient (Wildman–Crippen LogP) is 4.03. The molecule has 0 atom stereocenters. The number of nitrogens with zero attached hydrogens (tertiary/aromatic N) is 3. The Kier molecular flexibility index (Phi) is 5.89. The number of morpholine rings is 1. The second-order valence-corrected chi connectivity index (χ2v) is 8.40. The minimum atomic E-state index is -0.298. The maximum atomic E-state index is 13.6. The Morgan fingerprint density at radius 1 is 1.17 bits per heavy atom. The molecule has 152 valence electrons. The first-order chi connectivity index (χ1) is 14.0. The van der Waals surface area contributed by atoms with Gasteiger partial charge in [0.2, 0.25) is 0 Å². The van der Waals surface area contributed by atoms with Crippen LogP contribution in [0.5, 0.6) is 0 Å². The van der Waals surface area contributed by atoms with Gasteiger partial charge in [0, 0.05) is 31.7 Å². The highest BCUT2D eigenvalue weighted by Crippen LogP contribution is 2.30. The predicted molar refractivity (Wildman–Crippen MR) is 114 cm³/mol. The summed E-state index contributed by atoms with van der Waals surface area (Å²) in [7, 11) is 0. The van der Waals surface area contributed by atoms with E-state index in [0.29, 0.717) is 36.0 Å². The first kappa shape index (κ1) is 19.9. The number of benzene rings is 2. The fourth-order valence-corrected chi connectivity index (χ4v) is 4.62. The summed E-state index contributed by atoms with van der Waals surface area (Å²) in [6.45, 7) is 8.38. The summed E-state index contributed by atoms with van der Waals surface area (Å²) in [5.74, 6) is -0.377. The van der Waals surface area contributed by atoms with Gasteiger partial charge in [-0.3, -0.25) is 14.6 Å². The van der Waals surface area contributed by atoms with Crippen molar-refractivity contribution in [3.63, 3.8) is 0 Å². The minimum Gasteiger partial charge on any atom is -0.379 e. The lowest BCUT2D eigenvalue weighted by Gasteiger charge is -2.29. The van der Waals surface area contributed by atoms with Gasteiger partial charge in [0.25, 0.3) is 5.91 Å². The molecule has 29 heavy (non-hydrogen) atoms. The summed E-state index contributed by atoms with van der Waals surface area (Å²) in [6.07, 6.45) is 0. The third kappa shape index (κ3) is 4.63. The highest BCUT2D eigenvalue weighted by molar-refractivity contribution is 7.22. The maximum Gasteiger partial charge on any atom is 0.260 e. The quantitative estimate of drug-likeness (QED) is 0.634. The average molecular weight is 414 g/mol. The molecule has 0 radical (unpaired) electrons. The molecule has 0 saturated carbocycles. The van der Waals surface area contributed by atoms with Gasteiger partial charge in [0.15, 0.2) is 5.13 Å². The van der Waals surface area contributed by atoms with Crippen LogP contribution in [-0.2, 0) is 4.74 Å². The minimum absolute atomic E-state index is 0.0791. The van der Waals surface area contributed by atoms with E-state index in [1.54, 1.807) is 11.0 Å². The maximum absolute atomic E-state index is 13.6. The van der Waals surface area contributed by atoms with Gasteiger partial charge in [-0.2, -0.15) is 0 Å². The SMILES string of the molecule is Cc1cc(C)cc(C(=O)N(CCN2CCOCC2)c2nc3ccc(F)cc3s2)c1. The molecule has 0 unspecified atom stereocenters. The van der Waals surface area contributed by atoms with E-state index in [1.165, 1.54) is 23.5 Å². The van der Waals surface area contributed by atoms with E-state index < -0.39 is 0 Å². The molecule has 0 bridgehead atoms. The number of aryl methyl sites for hydroxylation is 2. The number of carbonyl (C=O) groups excluding carboxylic acids is 1. The first-order valence-corrected chi connectivity index (χ1v) is 10.6. The van der Waals surface area contributed by atoms with Crippen molar-refractivity contribution in [3.8, 4) is 0 Å². The van der Waals surface area contributed by atoms with Crippen molar-refractivity contribution in [2.75, 3.05) is 44.3 Å². The van der Waals surface area contributed by atoms with Gasteiger partial charge in [0.05, 0.1) is 23.4 Å². The molecule has 0 aliphatic carbocycles. The molecule has 0 N–H and O–H groups in total. The molecule has 7 heteroatoms. The third-order valence-corrected chi connectivity index (χ3v) is 6.07. The number of carbonyl (C=O) groups is 1. The molecule has 3 aromatic rings. The molecule has 2 aromatic carbocycles. The van der Waals surface area contributed by atoms with Crippen molar-refractivity contribution in [1.82, 2.24) is 9.88 Å². The van der Waals surface area contributed by atoms with Crippen LogP contribution in [0.2, 0.25) is 0 Å². The molecule has 4 rings (SSSR count). The van der Waals surface area contributed by atoms with Gasteiger partial charge in [-0.25, -0.2) is 9.37 Å². The van der Waals surface area contributed by atoms with Crippen LogP contribution in [0.25, 0.3) is 10.2 Å². The molecule has 1 aliphatic heterocycles. The number of anilines is 1. The first-order valence-electron chi connectivity index (χ1n) is 9.76. The molecule has 1 aromatic heterocycles. The molecule has 1 amide bonds. The molecule has 0 spiro atoms. The van der Waals surface area contributed by atoms with Gasteiger partial charge in [-0.1, -0.05) is 28.5 Å². The van der Waals surface area contributed by atoms with E-state index in [4.69, 9.17) is 4.74 Å². The number of thiazole rings is 1. The highest BCUT2D eigenvalue weighted by atomic mass is 32.1. The van der Waals surface area contributed by atoms with Crippen LogP contribution in [-0.4, -0.2) is 55.2 Å². The molecule has 1 aliphatic rings. The third-order valence-electron chi connectivity index (χ3n) is 5.03. The zero-order valence-electron chi connectivity index (χ0n) is 16.7. The molecule has 2 heterocycles. The summed E-state index contributed by atoms with van der Waals surface area (Å²) in [4.78, 5) is 22.1. The Morgan fingerprint density at radius 3 is 2.62 bits per heavy atom. The van der Waals surface area contributed by atoms with E-state index in [1.807, 2.05) is 26.0 Å². The van der Waals surface area contributed by atoms with Crippen LogP contribution in [0.4, 0.5) is 9.52 Å². The number of aromatic nitrogens is 1. The van der Waals surface area contributed by atoms with Gasteiger partial charge in [-0.05, 0) is 44.2 Å². The highest BCUT2D eigenvalue weighted by Gasteiger charge is 2.23.